The predicted octanol–water partition coefficient (Wildman–Crippen LogP) is 4.96. The van der Waals surface area contributed by atoms with E-state index < -0.39 is 0 Å². The molecule has 3 aromatic rings. The molecule has 158 valence electrons. The maximum atomic E-state index is 12.8. The minimum absolute atomic E-state index is 0.000761. The summed E-state index contributed by atoms with van der Waals surface area (Å²) in [5, 5.41) is 6.83. The number of nitrogens with one attached hydrogen (secondary N) is 2. The number of amides is 2. The normalized spacial score (nSPS) is 12.1. The molecular formula is C24H22ClN3O3. The summed E-state index contributed by atoms with van der Waals surface area (Å²) in [4.78, 5) is 26.4. The zero-order chi connectivity index (χ0) is 22.1. The third-order valence-corrected chi connectivity index (χ3v) is 5.52. The highest BCUT2D eigenvalue weighted by atomic mass is 35.5. The number of anilines is 3. The van der Waals surface area contributed by atoms with Gasteiger partial charge in [-0.3, -0.25) is 9.59 Å². The van der Waals surface area contributed by atoms with Gasteiger partial charge in [-0.15, -0.1) is 0 Å². The average molecular weight is 436 g/mol. The van der Waals surface area contributed by atoms with Gasteiger partial charge in [0.1, 0.15) is 5.75 Å². The molecule has 0 saturated carbocycles. The monoisotopic (exact) mass is 435 g/mol. The first-order chi connectivity index (χ1) is 14.9. The SMILES string of the molecule is COc1cc(-c2ccc3c(c2)Nc2ccc(CC(=O)N(C)C)cc2NC3=O)ccc1Cl. The molecule has 0 atom stereocenters. The Morgan fingerprint density at radius 1 is 0.935 bits per heavy atom. The van der Waals surface area contributed by atoms with Crippen LogP contribution in [-0.4, -0.2) is 37.9 Å². The van der Waals surface area contributed by atoms with Crippen LogP contribution in [0.1, 0.15) is 15.9 Å². The summed E-state index contributed by atoms with van der Waals surface area (Å²) in [7, 11) is 5.02. The van der Waals surface area contributed by atoms with Gasteiger partial charge in [0, 0.05) is 14.1 Å². The first-order valence-corrected chi connectivity index (χ1v) is 10.1. The summed E-state index contributed by atoms with van der Waals surface area (Å²) in [5.74, 6) is 0.377. The fraction of sp³-hybridized carbons (Fsp3) is 0.167. The van der Waals surface area contributed by atoms with Gasteiger partial charge in [0.25, 0.3) is 5.91 Å². The van der Waals surface area contributed by atoms with Crippen molar-refractivity contribution >= 4 is 40.5 Å². The second-order valence-corrected chi connectivity index (χ2v) is 7.94. The predicted molar refractivity (Wildman–Crippen MR) is 124 cm³/mol. The lowest BCUT2D eigenvalue weighted by atomic mass is 10.0. The summed E-state index contributed by atoms with van der Waals surface area (Å²) in [6, 6.07) is 16.8. The van der Waals surface area contributed by atoms with E-state index >= 15 is 0 Å². The lowest BCUT2D eigenvalue weighted by Gasteiger charge is -2.13. The molecule has 0 aromatic heterocycles. The minimum atomic E-state index is -0.211. The summed E-state index contributed by atoms with van der Waals surface area (Å²) in [6.45, 7) is 0. The van der Waals surface area contributed by atoms with Crippen molar-refractivity contribution < 1.29 is 14.3 Å². The van der Waals surface area contributed by atoms with E-state index in [9.17, 15) is 9.59 Å². The molecule has 0 bridgehead atoms. The van der Waals surface area contributed by atoms with E-state index in [1.165, 1.54) is 0 Å². The standard InChI is InChI=1S/C24H22ClN3O3/c1-28(2)23(29)11-14-4-9-19-21(10-14)27-24(30)17-7-5-15(12-20(17)26-19)16-6-8-18(25)22(13-16)31-3/h4-10,12-13,26H,11H2,1-3H3,(H,27,30). The molecule has 4 rings (SSSR count). The van der Waals surface area contributed by atoms with Crippen LogP contribution in [0.2, 0.25) is 5.02 Å². The van der Waals surface area contributed by atoms with Crippen LogP contribution in [0.4, 0.5) is 17.1 Å². The Morgan fingerprint density at radius 2 is 1.68 bits per heavy atom. The molecule has 2 amide bonds. The highest BCUT2D eigenvalue weighted by Crippen LogP contribution is 2.36. The number of hydrogen-bond donors (Lipinski definition) is 2. The Hall–Kier alpha value is -3.51. The average Bonchev–Trinajstić information content (AvgIpc) is 2.89. The first-order valence-electron chi connectivity index (χ1n) is 9.75. The van der Waals surface area contributed by atoms with Crippen LogP contribution in [0, 0.1) is 0 Å². The van der Waals surface area contributed by atoms with E-state index in [2.05, 4.69) is 10.6 Å². The summed E-state index contributed by atoms with van der Waals surface area (Å²) >= 11 is 6.14. The Morgan fingerprint density at radius 3 is 2.42 bits per heavy atom. The molecule has 1 aliphatic heterocycles. The first kappa shape index (κ1) is 20.8. The topological polar surface area (TPSA) is 70.7 Å². The van der Waals surface area contributed by atoms with Crippen LogP contribution >= 0.6 is 11.6 Å². The van der Waals surface area contributed by atoms with Gasteiger partial charge in [-0.05, 0) is 53.1 Å². The van der Waals surface area contributed by atoms with Crippen LogP contribution in [0.3, 0.4) is 0 Å². The van der Waals surface area contributed by atoms with Crippen molar-refractivity contribution in [3.05, 3.63) is 70.7 Å². The Labute approximate surface area is 185 Å². The van der Waals surface area contributed by atoms with Crippen molar-refractivity contribution in [2.75, 3.05) is 31.8 Å². The molecule has 1 heterocycles. The number of carbonyl (C=O) groups is 2. The van der Waals surface area contributed by atoms with Crippen LogP contribution < -0.4 is 15.4 Å². The van der Waals surface area contributed by atoms with Crippen LogP contribution in [-0.2, 0) is 11.2 Å². The van der Waals surface area contributed by atoms with E-state index in [1.54, 1.807) is 38.2 Å². The second kappa shape index (κ2) is 8.32. The number of methoxy groups -OCH3 is 1. The van der Waals surface area contributed by atoms with Gasteiger partial charge < -0.3 is 20.3 Å². The van der Waals surface area contributed by atoms with Crippen LogP contribution in [0.5, 0.6) is 5.75 Å². The maximum absolute atomic E-state index is 12.8. The Balaban J connectivity index is 1.68. The van der Waals surface area contributed by atoms with Crippen LogP contribution in [0.15, 0.2) is 54.6 Å². The van der Waals surface area contributed by atoms with Crippen molar-refractivity contribution in [3.8, 4) is 16.9 Å². The highest BCUT2D eigenvalue weighted by molar-refractivity contribution is 6.32. The fourth-order valence-corrected chi connectivity index (χ4v) is 3.64. The lowest BCUT2D eigenvalue weighted by Crippen LogP contribution is -2.23. The number of nitrogens with zero attached hydrogens (tertiary/aromatic N) is 1. The van der Waals surface area contributed by atoms with Crippen molar-refractivity contribution in [3.63, 3.8) is 0 Å². The zero-order valence-corrected chi connectivity index (χ0v) is 18.2. The molecule has 7 heteroatoms. The second-order valence-electron chi connectivity index (χ2n) is 7.53. The summed E-state index contributed by atoms with van der Waals surface area (Å²) in [6.07, 6.45) is 0.269. The van der Waals surface area contributed by atoms with E-state index in [0.717, 1.165) is 22.4 Å². The van der Waals surface area contributed by atoms with Gasteiger partial charge in [-0.25, -0.2) is 0 Å². The van der Waals surface area contributed by atoms with Crippen molar-refractivity contribution in [2.24, 2.45) is 0 Å². The number of likely N-dealkylation sites (N-methyl/N-ethyl adjacent to an activating group) is 1. The zero-order valence-electron chi connectivity index (χ0n) is 17.5. The molecule has 0 aliphatic carbocycles. The van der Waals surface area contributed by atoms with Crippen LogP contribution in [0.25, 0.3) is 11.1 Å². The molecule has 0 saturated heterocycles. The lowest BCUT2D eigenvalue weighted by molar-refractivity contribution is -0.127. The van der Waals surface area contributed by atoms with Gasteiger partial charge in [-0.2, -0.15) is 0 Å². The highest BCUT2D eigenvalue weighted by Gasteiger charge is 2.20. The molecule has 0 radical (unpaired) electrons. The van der Waals surface area contributed by atoms with Crippen molar-refractivity contribution in [1.82, 2.24) is 4.90 Å². The fourth-order valence-electron chi connectivity index (χ4n) is 3.45. The molecule has 1 aliphatic rings. The molecule has 0 spiro atoms. The van der Waals surface area contributed by atoms with Gasteiger partial charge in [0.05, 0.1) is 41.2 Å². The smallest absolute Gasteiger partial charge is 0.257 e. The maximum Gasteiger partial charge on any atom is 0.257 e. The van der Waals surface area contributed by atoms with Gasteiger partial charge in [0.2, 0.25) is 5.91 Å². The van der Waals surface area contributed by atoms with Crippen molar-refractivity contribution in [2.45, 2.75) is 6.42 Å². The van der Waals surface area contributed by atoms with Gasteiger partial charge in [0.15, 0.2) is 0 Å². The van der Waals surface area contributed by atoms with Gasteiger partial charge >= 0.3 is 0 Å². The van der Waals surface area contributed by atoms with E-state index in [1.807, 2.05) is 42.5 Å². The molecular weight excluding hydrogens is 414 g/mol. The molecule has 0 unspecified atom stereocenters. The quantitative estimate of drug-likeness (QED) is 0.608. The number of halogens is 1. The minimum Gasteiger partial charge on any atom is -0.495 e. The molecule has 31 heavy (non-hydrogen) atoms. The molecule has 2 N–H and O–H groups in total. The third-order valence-electron chi connectivity index (χ3n) is 5.20. The Bertz CT molecular complexity index is 1190. The number of benzene rings is 3. The Kier molecular flexibility index (Phi) is 5.57. The number of rotatable bonds is 4. The van der Waals surface area contributed by atoms with E-state index in [4.69, 9.17) is 16.3 Å². The molecule has 6 nitrogen and oxygen atoms in total. The molecule has 3 aromatic carbocycles. The number of ether oxygens (including phenoxy) is 1. The largest absolute Gasteiger partial charge is 0.495 e. The van der Waals surface area contributed by atoms with Crippen molar-refractivity contribution in [1.29, 1.82) is 0 Å². The third kappa shape index (κ3) is 4.20. The van der Waals surface area contributed by atoms with Gasteiger partial charge in [-0.1, -0.05) is 29.8 Å². The van der Waals surface area contributed by atoms with E-state index in [0.29, 0.717) is 27.7 Å². The number of fused-ring (bicyclic) bond motifs is 2. The molecule has 0 fully saturated rings. The number of carbonyl (C=O) groups excluding carboxylic acids is 2. The summed E-state index contributed by atoms with van der Waals surface area (Å²) in [5.41, 5.74) is 5.31. The number of hydrogen-bond acceptors (Lipinski definition) is 4. The van der Waals surface area contributed by atoms with E-state index in [-0.39, 0.29) is 18.2 Å². The summed E-state index contributed by atoms with van der Waals surface area (Å²) < 4.78 is 5.32.